The number of pyridine rings is 1. The molecule has 184 valence electrons. The summed E-state index contributed by atoms with van der Waals surface area (Å²) in [5.74, 6) is -0.663. The molecule has 0 bridgehead atoms. The molecular formula is C26H30N4O5. The van der Waals surface area contributed by atoms with E-state index in [4.69, 9.17) is 9.47 Å². The summed E-state index contributed by atoms with van der Waals surface area (Å²) in [7, 11) is 6.85. The first-order valence-corrected chi connectivity index (χ1v) is 11.3. The van der Waals surface area contributed by atoms with Gasteiger partial charge in [0.1, 0.15) is 11.3 Å². The Hall–Kier alpha value is -3.85. The minimum Gasteiger partial charge on any atom is -0.505 e. The van der Waals surface area contributed by atoms with Gasteiger partial charge in [-0.3, -0.25) is 14.0 Å². The number of Topliss-reactive ketones (excluding diaryl/α,β-unsaturated/α-hetero) is 1. The number of hydrogen-bond donors (Lipinski definition) is 1. The zero-order valence-electron chi connectivity index (χ0n) is 20.8. The van der Waals surface area contributed by atoms with Crippen LogP contribution in [-0.2, 0) is 9.59 Å². The number of methoxy groups -OCH3 is 2. The van der Waals surface area contributed by atoms with Gasteiger partial charge in [-0.15, -0.1) is 0 Å². The van der Waals surface area contributed by atoms with Crippen LogP contribution in [0.2, 0.25) is 0 Å². The van der Waals surface area contributed by atoms with E-state index in [0.717, 1.165) is 5.56 Å². The molecule has 3 aromatic rings. The van der Waals surface area contributed by atoms with Crippen molar-refractivity contribution in [3.63, 3.8) is 0 Å². The zero-order valence-corrected chi connectivity index (χ0v) is 20.8. The first-order chi connectivity index (χ1) is 16.7. The van der Waals surface area contributed by atoms with Crippen molar-refractivity contribution in [1.82, 2.24) is 19.2 Å². The topological polar surface area (TPSA) is 96.6 Å². The molecule has 1 amide bonds. The summed E-state index contributed by atoms with van der Waals surface area (Å²) in [5.41, 5.74) is 3.20. The number of aliphatic hydroxyl groups excluding tert-OH is 1. The summed E-state index contributed by atoms with van der Waals surface area (Å²) in [4.78, 5) is 34.6. The number of imidazole rings is 1. The molecule has 0 saturated carbocycles. The van der Waals surface area contributed by atoms with Crippen molar-refractivity contribution in [2.75, 3.05) is 41.4 Å². The van der Waals surface area contributed by atoms with Crippen LogP contribution in [0.1, 0.15) is 28.6 Å². The molecule has 35 heavy (non-hydrogen) atoms. The first-order valence-electron chi connectivity index (χ1n) is 11.3. The van der Waals surface area contributed by atoms with Gasteiger partial charge in [-0.05, 0) is 57.3 Å². The second kappa shape index (κ2) is 9.42. The largest absolute Gasteiger partial charge is 0.505 e. The van der Waals surface area contributed by atoms with Gasteiger partial charge in [-0.1, -0.05) is 12.1 Å². The number of rotatable bonds is 7. The van der Waals surface area contributed by atoms with Crippen molar-refractivity contribution in [2.45, 2.75) is 19.9 Å². The summed E-state index contributed by atoms with van der Waals surface area (Å²) in [6.45, 7) is 4.55. The van der Waals surface area contributed by atoms with Gasteiger partial charge >= 0.3 is 0 Å². The Morgan fingerprint density at radius 3 is 2.49 bits per heavy atom. The first kappa shape index (κ1) is 24.3. The monoisotopic (exact) mass is 478 g/mol. The van der Waals surface area contributed by atoms with Gasteiger partial charge < -0.3 is 24.4 Å². The Kier molecular flexibility index (Phi) is 6.53. The number of ketones is 1. The van der Waals surface area contributed by atoms with Gasteiger partial charge in [-0.25, -0.2) is 4.98 Å². The summed E-state index contributed by atoms with van der Waals surface area (Å²) in [6.07, 6.45) is 1.78. The fourth-order valence-corrected chi connectivity index (χ4v) is 4.52. The number of benzene rings is 1. The maximum Gasteiger partial charge on any atom is 0.295 e. The third kappa shape index (κ3) is 4.12. The fraction of sp³-hybridized carbons (Fsp3) is 0.346. The minimum atomic E-state index is -0.801. The maximum absolute atomic E-state index is 13.4. The number of nitrogens with zero attached hydrogens (tertiary/aromatic N) is 4. The van der Waals surface area contributed by atoms with Gasteiger partial charge in [0.25, 0.3) is 11.7 Å². The number of carbonyl (C=O) groups excluding carboxylic acids is 2. The highest BCUT2D eigenvalue weighted by Crippen LogP contribution is 2.42. The Balaban J connectivity index is 1.96. The Labute approximate surface area is 204 Å². The third-order valence-electron chi connectivity index (χ3n) is 6.30. The minimum absolute atomic E-state index is 0.0207. The average molecular weight is 479 g/mol. The predicted octanol–water partition coefficient (Wildman–Crippen LogP) is 2.95. The molecule has 9 heteroatoms. The molecule has 9 nitrogen and oxygen atoms in total. The van der Waals surface area contributed by atoms with Crippen molar-refractivity contribution in [2.24, 2.45) is 0 Å². The molecule has 4 rings (SSSR count). The number of carbonyl (C=O) groups is 2. The van der Waals surface area contributed by atoms with E-state index < -0.39 is 17.7 Å². The van der Waals surface area contributed by atoms with Gasteiger partial charge in [-0.2, -0.15) is 0 Å². The van der Waals surface area contributed by atoms with Crippen molar-refractivity contribution in [3.8, 4) is 11.5 Å². The van der Waals surface area contributed by atoms with Crippen molar-refractivity contribution in [1.29, 1.82) is 0 Å². The normalized spacial score (nSPS) is 17.6. The smallest absolute Gasteiger partial charge is 0.295 e. The molecule has 1 aromatic carbocycles. The summed E-state index contributed by atoms with van der Waals surface area (Å²) in [5, 5.41) is 11.6. The zero-order chi connectivity index (χ0) is 25.4. The number of fused-ring (bicyclic) bond motifs is 1. The number of aromatic nitrogens is 2. The van der Waals surface area contributed by atoms with E-state index in [2.05, 4.69) is 4.98 Å². The highest BCUT2D eigenvalue weighted by atomic mass is 16.5. The van der Waals surface area contributed by atoms with Crippen LogP contribution >= 0.6 is 0 Å². The van der Waals surface area contributed by atoms with E-state index in [1.807, 2.05) is 38.1 Å². The predicted molar refractivity (Wildman–Crippen MR) is 132 cm³/mol. The lowest BCUT2D eigenvalue weighted by Gasteiger charge is -2.27. The molecule has 3 heterocycles. The van der Waals surface area contributed by atoms with Gasteiger partial charge in [0, 0.05) is 19.3 Å². The molecule has 1 aliphatic heterocycles. The molecule has 2 aromatic heterocycles. The quantitative estimate of drug-likeness (QED) is 0.317. The number of likely N-dealkylation sites (N-methyl/N-ethyl adjacent to an activating group) is 1. The Bertz CT molecular complexity index is 1340. The molecular weight excluding hydrogens is 448 g/mol. The Morgan fingerprint density at radius 1 is 1.11 bits per heavy atom. The summed E-state index contributed by atoms with van der Waals surface area (Å²) < 4.78 is 12.6. The number of likely N-dealkylation sites (tertiary alicyclic amines) is 1. The van der Waals surface area contributed by atoms with Crippen LogP contribution < -0.4 is 9.47 Å². The summed E-state index contributed by atoms with van der Waals surface area (Å²) in [6, 6.07) is 8.21. The van der Waals surface area contributed by atoms with Gasteiger partial charge in [0.2, 0.25) is 0 Å². The van der Waals surface area contributed by atoms with E-state index >= 15 is 0 Å². The SMILES string of the molecule is COc1ccc(C2C(=C(O)c3c(C)nc4c(C)cccn34)C(=O)C(=O)N2CCN(C)C)cc1OC. The van der Waals surface area contributed by atoms with E-state index in [0.29, 0.717) is 47.2 Å². The Morgan fingerprint density at radius 2 is 1.83 bits per heavy atom. The standard InChI is InChI=1S/C26H30N4O5/c1-15-8-7-11-29-21(16(2)27-25(15)29)23(31)20-22(17-9-10-18(34-5)19(14-17)35-6)30(13-12-28(3)4)26(33)24(20)32/h7-11,14,22,31H,12-13H2,1-6H3. The van der Waals surface area contributed by atoms with E-state index in [-0.39, 0.29) is 11.3 Å². The number of aryl methyl sites for hydroxylation is 2. The van der Waals surface area contributed by atoms with Crippen molar-refractivity contribution in [3.05, 3.63) is 64.6 Å². The molecule has 1 N–H and O–H groups in total. The third-order valence-corrected chi connectivity index (χ3v) is 6.30. The van der Waals surface area contributed by atoms with Crippen LogP contribution in [0.3, 0.4) is 0 Å². The molecule has 1 fully saturated rings. The fourth-order valence-electron chi connectivity index (χ4n) is 4.52. The van der Waals surface area contributed by atoms with Crippen LogP contribution in [-0.4, -0.2) is 77.4 Å². The maximum atomic E-state index is 13.4. The van der Waals surface area contributed by atoms with Crippen LogP contribution in [0.25, 0.3) is 11.4 Å². The van der Waals surface area contributed by atoms with Crippen LogP contribution in [0.5, 0.6) is 11.5 Å². The molecule has 0 spiro atoms. The molecule has 0 aliphatic carbocycles. The van der Waals surface area contributed by atoms with Crippen molar-refractivity contribution < 1.29 is 24.2 Å². The lowest BCUT2D eigenvalue weighted by molar-refractivity contribution is -0.140. The molecule has 0 radical (unpaired) electrons. The molecule has 1 unspecified atom stereocenters. The number of aliphatic hydroxyl groups is 1. The van der Waals surface area contributed by atoms with Gasteiger partial charge in [0.15, 0.2) is 17.3 Å². The second-order valence-corrected chi connectivity index (χ2v) is 8.84. The lowest BCUT2D eigenvalue weighted by atomic mass is 9.96. The van der Waals surface area contributed by atoms with Gasteiger partial charge in [0.05, 0.1) is 31.5 Å². The van der Waals surface area contributed by atoms with E-state index in [1.54, 1.807) is 35.7 Å². The number of hydrogen-bond acceptors (Lipinski definition) is 7. The van der Waals surface area contributed by atoms with Crippen molar-refractivity contribution >= 4 is 23.1 Å². The highest BCUT2D eigenvalue weighted by molar-refractivity contribution is 6.46. The highest BCUT2D eigenvalue weighted by Gasteiger charge is 2.46. The van der Waals surface area contributed by atoms with Crippen LogP contribution in [0.15, 0.2) is 42.1 Å². The average Bonchev–Trinajstić information content (AvgIpc) is 3.31. The van der Waals surface area contributed by atoms with E-state index in [9.17, 15) is 14.7 Å². The van der Waals surface area contributed by atoms with Crippen LogP contribution in [0, 0.1) is 13.8 Å². The lowest BCUT2D eigenvalue weighted by Crippen LogP contribution is -2.35. The number of ether oxygens (including phenoxy) is 2. The summed E-state index contributed by atoms with van der Waals surface area (Å²) >= 11 is 0. The molecule has 1 atom stereocenters. The molecule has 1 saturated heterocycles. The van der Waals surface area contributed by atoms with E-state index in [1.165, 1.54) is 19.1 Å². The molecule has 1 aliphatic rings. The second-order valence-electron chi connectivity index (χ2n) is 8.84. The number of amides is 1. The van der Waals surface area contributed by atoms with Crippen LogP contribution in [0.4, 0.5) is 0 Å².